The van der Waals surface area contributed by atoms with Crippen molar-refractivity contribution in [2.75, 3.05) is 7.05 Å². The summed E-state index contributed by atoms with van der Waals surface area (Å²) in [6.07, 6.45) is 3.91. The first kappa shape index (κ1) is 16.4. The van der Waals surface area contributed by atoms with E-state index in [-0.39, 0.29) is 21.8 Å². The summed E-state index contributed by atoms with van der Waals surface area (Å²) in [6, 6.07) is 2.96. The van der Waals surface area contributed by atoms with Crippen molar-refractivity contribution >= 4 is 44.8 Å². The quantitative estimate of drug-likeness (QED) is 0.754. The molecular weight excluding hydrogens is 341 g/mol. The molecule has 0 saturated heterocycles. The number of hydrogen-bond donors (Lipinski definition) is 0. The van der Waals surface area contributed by atoms with Gasteiger partial charge in [-0.15, -0.1) is 11.6 Å². The van der Waals surface area contributed by atoms with Crippen LogP contribution in [0, 0.1) is 0 Å². The Balaban J connectivity index is 2.43. The number of rotatable bonds is 4. The van der Waals surface area contributed by atoms with Crippen LogP contribution in [0.2, 0.25) is 10.0 Å². The van der Waals surface area contributed by atoms with Crippen LogP contribution >= 0.6 is 34.8 Å². The highest BCUT2D eigenvalue weighted by Crippen LogP contribution is 2.33. The van der Waals surface area contributed by atoms with Crippen LogP contribution in [0.5, 0.6) is 0 Å². The third kappa shape index (κ3) is 3.09. The van der Waals surface area contributed by atoms with Crippen LogP contribution in [0.4, 0.5) is 0 Å². The van der Waals surface area contributed by atoms with Gasteiger partial charge in [0, 0.05) is 24.0 Å². The molecule has 112 valence electrons. The minimum Gasteiger partial charge on any atom is -0.207 e. The van der Waals surface area contributed by atoms with E-state index in [0.717, 1.165) is 25.7 Å². The van der Waals surface area contributed by atoms with Gasteiger partial charge in [0.05, 0.1) is 5.02 Å². The summed E-state index contributed by atoms with van der Waals surface area (Å²) in [7, 11) is -2.01. The van der Waals surface area contributed by atoms with E-state index in [1.165, 1.54) is 16.4 Å². The molecule has 0 spiro atoms. The van der Waals surface area contributed by atoms with Crippen LogP contribution in [0.15, 0.2) is 17.0 Å². The maximum absolute atomic E-state index is 12.7. The van der Waals surface area contributed by atoms with Crippen LogP contribution in [-0.4, -0.2) is 25.8 Å². The van der Waals surface area contributed by atoms with Crippen molar-refractivity contribution < 1.29 is 8.42 Å². The van der Waals surface area contributed by atoms with Gasteiger partial charge in [0.25, 0.3) is 0 Å². The molecule has 20 heavy (non-hydrogen) atoms. The third-order valence-electron chi connectivity index (χ3n) is 3.74. The average molecular weight is 357 g/mol. The Kier molecular flexibility index (Phi) is 5.24. The fourth-order valence-electron chi connectivity index (χ4n) is 2.49. The molecule has 1 saturated carbocycles. The van der Waals surface area contributed by atoms with Crippen molar-refractivity contribution in [3.05, 3.63) is 27.7 Å². The molecule has 0 bridgehead atoms. The highest BCUT2D eigenvalue weighted by Gasteiger charge is 2.31. The van der Waals surface area contributed by atoms with Gasteiger partial charge in [-0.1, -0.05) is 36.0 Å². The zero-order valence-electron chi connectivity index (χ0n) is 11.1. The zero-order valence-corrected chi connectivity index (χ0v) is 14.2. The molecule has 0 aliphatic heterocycles. The predicted octanol–water partition coefficient (Wildman–Crippen LogP) is 4.30. The molecule has 7 heteroatoms. The first-order valence-corrected chi connectivity index (χ1v) is 9.13. The molecule has 1 aromatic rings. The molecule has 1 fully saturated rings. The van der Waals surface area contributed by atoms with E-state index >= 15 is 0 Å². The molecule has 0 aromatic heterocycles. The van der Waals surface area contributed by atoms with E-state index in [9.17, 15) is 8.42 Å². The Labute approximate surface area is 134 Å². The fourth-order valence-corrected chi connectivity index (χ4v) is 5.03. The molecule has 0 unspecified atom stereocenters. The van der Waals surface area contributed by atoms with Crippen LogP contribution in [-0.2, 0) is 15.9 Å². The Morgan fingerprint density at radius 3 is 2.35 bits per heavy atom. The minimum atomic E-state index is -3.62. The van der Waals surface area contributed by atoms with E-state index in [4.69, 9.17) is 34.8 Å². The number of nitrogens with zero attached hydrogens (tertiary/aromatic N) is 1. The van der Waals surface area contributed by atoms with E-state index < -0.39 is 10.0 Å². The van der Waals surface area contributed by atoms with Crippen molar-refractivity contribution in [1.82, 2.24) is 4.31 Å². The zero-order chi connectivity index (χ0) is 14.9. The summed E-state index contributed by atoms with van der Waals surface area (Å²) < 4.78 is 26.8. The summed E-state index contributed by atoms with van der Waals surface area (Å²) in [6.45, 7) is 0. The second-order valence-corrected chi connectivity index (χ2v) is 8.01. The molecule has 0 N–H and O–H groups in total. The van der Waals surface area contributed by atoms with Crippen molar-refractivity contribution in [2.45, 2.75) is 42.5 Å². The molecule has 1 aromatic carbocycles. The van der Waals surface area contributed by atoms with Gasteiger partial charge in [-0.3, -0.25) is 0 Å². The number of hydrogen-bond acceptors (Lipinski definition) is 2. The number of benzene rings is 1. The summed E-state index contributed by atoms with van der Waals surface area (Å²) in [5, 5.41) is 0.515. The predicted molar refractivity (Wildman–Crippen MR) is 83.2 cm³/mol. The SMILES string of the molecule is CN(C1CCCC1)S(=O)(=O)c1cc(CCl)c(Cl)cc1Cl. The average Bonchev–Trinajstić information content (AvgIpc) is 2.91. The molecule has 0 amide bonds. The summed E-state index contributed by atoms with van der Waals surface area (Å²) in [5.41, 5.74) is 0.566. The summed E-state index contributed by atoms with van der Waals surface area (Å²) >= 11 is 17.8. The van der Waals surface area contributed by atoms with Crippen molar-refractivity contribution in [1.29, 1.82) is 0 Å². The van der Waals surface area contributed by atoms with Gasteiger partial charge in [-0.25, -0.2) is 8.42 Å². The van der Waals surface area contributed by atoms with E-state index in [1.54, 1.807) is 7.05 Å². The molecular formula is C13H16Cl3NO2S. The van der Waals surface area contributed by atoms with E-state index in [1.807, 2.05) is 0 Å². The van der Waals surface area contributed by atoms with Gasteiger partial charge in [0.1, 0.15) is 4.90 Å². The lowest BCUT2D eigenvalue weighted by atomic mass is 10.2. The van der Waals surface area contributed by atoms with Gasteiger partial charge in [-0.2, -0.15) is 4.31 Å². The first-order valence-electron chi connectivity index (χ1n) is 6.40. The van der Waals surface area contributed by atoms with Gasteiger partial charge in [0.2, 0.25) is 10.0 Å². The highest BCUT2D eigenvalue weighted by atomic mass is 35.5. The minimum absolute atomic E-state index is 0.0474. The van der Waals surface area contributed by atoms with Gasteiger partial charge in [0.15, 0.2) is 0 Å². The molecule has 3 nitrogen and oxygen atoms in total. The van der Waals surface area contributed by atoms with Crippen molar-refractivity contribution in [3.63, 3.8) is 0 Å². The monoisotopic (exact) mass is 355 g/mol. The highest BCUT2D eigenvalue weighted by molar-refractivity contribution is 7.89. The Hall–Kier alpha value is -0.000000000000000111. The van der Waals surface area contributed by atoms with Crippen molar-refractivity contribution in [2.24, 2.45) is 0 Å². The second-order valence-electron chi connectivity index (χ2n) is 4.97. The maximum Gasteiger partial charge on any atom is 0.244 e. The number of alkyl halides is 1. The molecule has 0 atom stereocenters. The summed E-state index contributed by atoms with van der Waals surface area (Å²) in [5.74, 6) is 0.145. The largest absolute Gasteiger partial charge is 0.244 e. The summed E-state index contributed by atoms with van der Waals surface area (Å²) in [4.78, 5) is 0.0774. The molecule has 1 aliphatic rings. The topological polar surface area (TPSA) is 37.4 Å². The lowest BCUT2D eigenvalue weighted by Gasteiger charge is -2.24. The van der Waals surface area contributed by atoms with Crippen LogP contribution < -0.4 is 0 Å². The maximum atomic E-state index is 12.7. The molecule has 0 heterocycles. The third-order valence-corrected chi connectivity index (χ3v) is 6.76. The van der Waals surface area contributed by atoms with E-state index in [0.29, 0.717) is 10.6 Å². The smallest absolute Gasteiger partial charge is 0.207 e. The van der Waals surface area contributed by atoms with Crippen LogP contribution in [0.25, 0.3) is 0 Å². The molecule has 0 radical (unpaired) electrons. The first-order chi connectivity index (χ1) is 9.37. The normalized spacial score (nSPS) is 17.1. The fraction of sp³-hybridized carbons (Fsp3) is 0.538. The number of sulfonamides is 1. The lowest BCUT2D eigenvalue weighted by molar-refractivity contribution is 0.373. The second kappa shape index (κ2) is 6.41. The lowest BCUT2D eigenvalue weighted by Crippen LogP contribution is -2.35. The standard InChI is InChI=1S/C13H16Cl3NO2S/c1-17(10-4-2-3-5-10)20(18,19)13-6-9(8-14)11(15)7-12(13)16/h6-7,10H,2-5,8H2,1H3. The van der Waals surface area contributed by atoms with Gasteiger partial charge < -0.3 is 0 Å². The Morgan fingerprint density at radius 2 is 1.80 bits per heavy atom. The number of halogens is 3. The molecule has 1 aliphatic carbocycles. The van der Waals surface area contributed by atoms with Crippen LogP contribution in [0.1, 0.15) is 31.2 Å². The molecule has 2 rings (SSSR count). The Morgan fingerprint density at radius 1 is 1.20 bits per heavy atom. The van der Waals surface area contributed by atoms with Gasteiger partial charge in [-0.05, 0) is 30.5 Å². The van der Waals surface area contributed by atoms with Crippen LogP contribution in [0.3, 0.4) is 0 Å². The van der Waals surface area contributed by atoms with Crippen molar-refractivity contribution in [3.8, 4) is 0 Å². The Bertz CT molecular complexity index is 598. The van der Waals surface area contributed by atoms with Gasteiger partial charge >= 0.3 is 0 Å². The van der Waals surface area contributed by atoms with E-state index in [2.05, 4.69) is 0 Å².